The highest BCUT2D eigenvalue weighted by molar-refractivity contribution is 5.03. The molecule has 0 heterocycles. The van der Waals surface area contributed by atoms with Gasteiger partial charge in [0.15, 0.2) is 0 Å². The van der Waals surface area contributed by atoms with Crippen molar-refractivity contribution in [3.8, 4) is 0 Å². The smallest absolute Gasteiger partial charge is 0.0206 e. The Morgan fingerprint density at radius 3 is 2.45 bits per heavy atom. The highest BCUT2D eigenvalue weighted by Crippen LogP contribution is 2.29. The second-order valence-corrected chi connectivity index (χ2v) is 3.69. The zero-order chi connectivity index (χ0) is 8.10. The van der Waals surface area contributed by atoms with Gasteiger partial charge in [0.25, 0.3) is 0 Å². The molecule has 0 bridgehead atoms. The van der Waals surface area contributed by atoms with Crippen LogP contribution in [0.25, 0.3) is 0 Å². The fraction of sp³-hybridized carbons (Fsp3) is 0.818. The first-order chi connectivity index (χ1) is 5.34. The van der Waals surface area contributed by atoms with Crippen molar-refractivity contribution < 1.29 is 0 Å². The maximum Gasteiger partial charge on any atom is -0.0206 e. The van der Waals surface area contributed by atoms with E-state index in [0.717, 1.165) is 5.92 Å². The van der Waals surface area contributed by atoms with E-state index >= 15 is 0 Å². The van der Waals surface area contributed by atoms with Gasteiger partial charge in [-0.2, -0.15) is 0 Å². The van der Waals surface area contributed by atoms with Crippen LogP contribution >= 0.6 is 0 Å². The molecule has 0 atom stereocenters. The summed E-state index contributed by atoms with van der Waals surface area (Å²) in [5.41, 5.74) is 1.65. The number of hydrogen-bond acceptors (Lipinski definition) is 0. The van der Waals surface area contributed by atoms with Crippen molar-refractivity contribution in [3.63, 3.8) is 0 Å². The topological polar surface area (TPSA) is 0 Å². The molecular weight excluding hydrogens is 132 g/mol. The lowest BCUT2D eigenvalue weighted by atomic mass is 9.84. The average Bonchev–Trinajstić information content (AvgIpc) is 2.07. The number of allylic oxidation sites excluding steroid dienone is 2. The highest BCUT2D eigenvalue weighted by Gasteiger charge is 2.13. The van der Waals surface area contributed by atoms with Gasteiger partial charge in [0, 0.05) is 0 Å². The molecule has 0 spiro atoms. The van der Waals surface area contributed by atoms with Gasteiger partial charge in [-0.05, 0) is 32.1 Å². The molecule has 1 aliphatic carbocycles. The highest BCUT2D eigenvalue weighted by atomic mass is 14.2. The van der Waals surface area contributed by atoms with Crippen LogP contribution in [-0.4, -0.2) is 0 Å². The molecule has 11 heavy (non-hydrogen) atoms. The minimum atomic E-state index is 0.934. The molecule has 0 N–H and O–H groups in total. The Balaban J connectivity index is 2.38. The third-order valence-electron chi connectivity index (χ3n) is 2.78. The minimum Gasteiger partial charge on any atom is -0.0856 e. The van der Waals surface area contributed by atoms with Gasteiger partial charge in [-0.1, -0.05) is 37.8 Å². The van der Waals surface area contributed by atoms with E-state index in [4.69, 9.17) is 0 Å². The normalized spacial score (nSPS) is 22.2. The molecule has 64 valence electrons. The van der Waals surface area contributed by atoms with Crippen molar-refractivity contribution in [3.05, 3.63) is 11.6 Å². The first-order valence-corrected chi connectivity index (χ1v) is 5.01. The van der Waals surface area contributed by atoms with Gasteiger partial charge in [-0.15, -0.1) is 0 Å². The monoisotopic (exact) mass is 152 g/mol. The molecule has 1 rings (SSSR count). The van der Waals surface area contributed by atoms with Crippen molar-refractivity contribution in [2.45, 2.75) is 52.4 Å². The summed E-state index contributed by atoms with van der Waals surface area (Å²) in [6, 6.07) is 0. The second kappa shape index (κ2) is 4.58. The van der Waals surface area contributed by atoms with Gasteiger partial charge in [0.1, 0.15) is 0 Å². The third-order valence-corrected chi connectivity index (χ3v) is 2.78. The Kier molecular flexibility index (Phi) is 3.68. The van der Waals surface area contributed by atoms with Gasteiger partial charge in [0.2, 0.25) is 0 Å². The van der Waals surface area contributed by atoms with Gasteiger partial charge in [-0.25, -0.2) is 0 Å². The van der Waals surface area contributed by atoms with Gasteiger partial charge < -0.3 is 0 Å². The predicted molar refractivity (Wildman–Crippen MR) is 50.6 cm³/mol. The largest absolute Gasteiger partial charge is 0.0856 e. The second-order valence-electron chi connectivity index (χ2n) is 3.69. The fourth-order valence-corrected chi connectivity index (χ4v) is 2.05. The van der Waals surface area contributed by atoms with Crippen LogP contribution in [0, 0.1) is 5.92 Å². The van der Waals surface area contributed by atoms with Crippen LogP contribution in [0.4, 0.5) is 0 Å². The Bertz CT molecular complexity index is 127. The molecule has 1 saturated carbocycles. The van der Waals surface area contributed by atoms with Crippen molar-refractivity contribution >= 4 is 0 Å². The molecule has 0 aromatic rings. The molecule has 0 aromatic carbocycles. The summed E-state index contributed by atoms with van der Waals surface area (Å²) in [5, 5.41) is 0. The Labute approximate surface area is 70.7 Å². The maximum absolute atomic E-state index is 2.40. The number of rotatable bonds is 2. The SMILES string of the molecule is CC/C=C(/C)C1CCCCC1. The van der Waals surface area contributed by atoms with E-state index in [-0.39, 0.29) is 0 Å². The summed E-state index contributed by atoms with van der Waals surface area (Å²) in [4.78, 5) is 0. The van der Waals surface area contributed by atoms with Crippen LogP contribution in [0.15, 0.2) is 11.6 Å². The average molecular weight is 152 g/mol. The van der Waals surface area contributed by atoms with Crippen molar-refractivity contribution in [2.75, 3.05) is 0 Å². The van der Waals surface area contributed by atoms with E-state index in [9.17, 15) is 0 Å². The van der Waals surface area contributed by atoms with E-state index in [0.29, 0.717) is 0 Å². The summed E-state index contributed by atoms with van der Waals surface area (Å²) >= 11 is 0. The Morgan fingerprint density at radius 2 is 1.91 bits per heavy atom. The zero-order valence-corrected chi connectivity index (χ0v) is 7.90. The molecule has 0 aliphatic heterocycles. The summed E-state index contributed by atoms with van der Waals surface area (Å²) in [6.07, 6.45) is 10.9. The zero-order valence-electron chi connectivity index (χ0n) is 7.90. The molecule has 0 radical (unpaired) electrons. The first-order valence-electron chi connectivity index (χ1n) is 5.01. The lowest BCUT2D eigenvalue weighted by Crippen LogP contribution is -2.07. The molecular formula is C11H20. The lowest BCUT2D eigenvalue weighted by Gasteiger charge is -2.22. The molecule has 0 amide bonds. The van der Waals surface area contributed by atoms with Crippen LogP contribution < -0.4 is 0 Å². The Hall–Kier alpha value is -0.260. The van der Waals surface area contributed by atoms with Gasteiger partial charge in [-0.3, -0.25) is 0 Å². The van der Waals surface area contributed by atoms with Crippen molar-refractivity contribution in [2.24, 2.45) is 5.92 Å². The van der Waals surface area contributed by atoms with Crippen LogP contribution in [-0.2, 0) is 0 Å². The molecule has 0 aromatic heterocycles. The summed E-state index contributed by atoms with van der Waals surface area (Å²) < 4.78 is 0. The Morgan fingerprint density at radius 1 is 1.27 bits per heavy atom. The van der Waals surface area contributed by atoms with Gasteiger partial charge >= 0.3 is 0 Å². The van der Waals surface area contributed by atoms with Crippen LogP contribution in [0.3, 0.4) is 0 Å². The standard InChI is InChI=1S/C11H20/c1-3-7-10(2)11-8-5-4-6-9-11/h7,11H,3-6,8-9H2,1-2H3/b10-7-. The van der Waals surface area contributed by atoms with Crippen LogP contribution in [0.5, 0.6) is 0 Å². The van der Waals surface area contributed by atoms with E-state index in [1.807, 2.05) is 0 Å². The maximum atomic E-state index is 2.40. The number of hydrogen-bond donors (Lipinski definition) is 0. The van der Waals surface area contributed by atoms with E-state index in [1.165, 1.54) is 38.5 Å². The van der Waals surface area contributed by atoms with Crippen LogP contribution in [0.2, 0.25) is 0 Å². The molecule has 0 saturated heterocycles. The van der Waals surface area contributed by atoms with Crippen molar-refractivity contribution in [1.82, 2.24) is 0 Å². The quantitative estimate of drug-likeness (QED) is 0.526. The van der Waals surface area contributed by atoms with Gasteiger partial charge in [0.05, 0.1) is 0 Å². The fourth-order valence-electron chi connectivity index (χ4n) is 2.05. The minimum absolute atomic E-state index is 0.934. The molecule has 0 heteroatoms. The molecule has 0 unspecified atom stereocenters. The lowest BCUT2D eigenvalue weighted by molar-refractivity contribution is 0.402. The first kappa shape index (κ1) is 8.83. The van der Waals surface area contributed by atoms with E-state index < -0.39 is 0 Å². The van der Waals surface area contributed by atoms with Crippen LogP contribution in [0.1, 0.15) is 52.4 Å². The van der Waals surface area contributed by atoms with E-state index in [2.05, 4.69) is 19.9 Å². The molecule has 1 aliphatic rings. The molecule has 0 nitrogen and oxygen atoms in total. The molecule has 1 fully saturated rings. The summed E-state index contributed by atoms with van der Waals surface area (Å²) in [7, 11) is 0. The van der Waals surface area contributed by atoms with Crippen molar-refractivity contribution in [1.29, 1.82) is 0 Å². The summed E-state index contributed by atoms with van der Waals surface area (Å²) in [5.74, 6) is 0.934. The van der Waals surface area contributed by atoms with E-state index in [1.54, 1.807) is 5.57 Å². The third kappa shape index (κ3) is 2.69. The predicted octanol–water partition coefficient (Wildman–Crippen LogP) is 3.92. The summed E-state index contributed by atoms with van der Waals surface area (Å²) in [6.45, 7) is 4.53.